The van der Waals surface area contributed by atoms with Gasteiger partial charge in [-0.3, -0.25) is 4.79 Å². The fourth-order valence-corrected chi connectivity index (χ4v) is 4.19. The minimum Gasteiger partial charge on any atom is -0.497 e. The molecule has 0 saturated heterocycles. The highest BCUT2D eigenvalue weighted by Gasteiger charge is 2.26. The Hall–Kier alpha value is -3.65. The third-order valence-corrected chi connectivity index (χ3v) is 6.16. The second kappa shape index (κ2) is 9.65. The summed E-state index contributed by atoms with van der Waals surface area (Å²) in [5.41, 5.74) is 1.83. The lowest BCUT2D eigenvalue weighted by molar-refractivity contribution is -0.115. The number of carbonyl (C=O) groups excluding carboxylic acids is 1. The van der Waals surface area contributed by atoms with Crippen molar-refractivity contribution in [3.05, 3.63) is 90.2 Å². The summed E-state index contributed by atoms with van der Waals surface area (Å²) in [5, 5.41) is 11.2. The van der Waals surface area contributed by atoms with Crippen LogP contribution in [0.1, 0.15) is 10.8 Å². The van der Waals surface area contributed by atoms with Gasteiger partial charge in [0.05, 0.1) is 12.7 Å². The number of halogens is 1. The molecule has 8 heteroatoms. The highest BCUT2D eigenvalue weighted by molar-refractivity contribution is 8.00. The maximum atomic E-state index is 14.3. The van der Waals surface area contributed by atoms with Crippen LogP contribution in [0.2, 0.25) is 0 Å². The molecule has 32 heavy (non-hydrogen) atoms. The molecule has 0 saturated carbocycles. The summed E-state index contributed by atoms with van der Waals surface area (Å²) in [4.78, 5) is 13.2. The molecule has 6 nitrogen and oxygen atoms in total. The second-order valence-electron chi connectivity index (χ2n) is 6.97. The quantitative estimate of drug-likeness (QED) is 0.398. The van der Waals surface area contributed by atoms with E-state index in [1.807, 2.05) is 30.3 Å². The van der Waals surface area contributed by atoms with Crippen molar-refractivity contribution in [1.29, 1.82) is 0 Å². The first-order valence-electron chi connectivity index (χ1n) is 9.87. The van der Waals surface area contributed by atoms with E-state index in [0.717, 1.165) is 5.56 Å². The van der Waals surface area contributed by atoms with Crippen molar-refractivity contribution in [2.75, 3.05) is 12.4 Å². The topological polar surface area (TPSA) is 69.0 Å². The Bertz CT molecular complexity index is 1210. The van der Waals surface area contributed by atoms with E-state index in [0.29, 0.717) is 28.0 Å². The van der Waals surface area contributed by atoms with Crippen LogP contribution in [0.3, 0.4) is 0 Å². The van der Waals surface area contributed by atoms with Crippen molar-refractivity contribution in [2.24, 2.45) is 7.05 Å². The number of rotatable bonds is 7. The van der Waals surface area contributed by atoms with Gasteiger partial charge in [-0.15, -0.1) is 10.2 Å². The second-order valence-corrected chi connectivity index (χ2v) is 8.04. The van der Waals surface area contributed by atoms with E-state index in [1.165, 1.54) is 17.8 Å². The number of amides is 1. The maximum Gasteiger partial charge on any atom is 0.242 e. The summed E-state index contributed by atoms with van der Waals surface area (Å²) in [6.07, 6.45) is 0. The maximum absolute atomic E-state index is 14.3. The van der Waals surface area contributed by atoms with Gasteiger partial charge in [0.2, 0.25) is 5.91 Å². The Morgan fingerprint density at radius 3 is 2.38 bits per heavy atom. The molecule has 4 rings (SSSR count). The number of anilines is 1. The lowest BCUT2D eigenvalue weighted by Crippen LogP contribution is -2.19. The van der Waals surface area contributed by atoms with Crippen molar-refractivity contribution in [2.45, 2.75) is 10.4 Å². The van der Waals surface area contributed by atoms with Crippen LogP contribution in [-0.4, -0.2) is 27.8 Å². The minimum atomic E-state index is -0.588. The number of hydrogen-bond acceptors (Lipinski definition) is 5. The average molecular weight is 449 g/mol. The summed E-state index contributed by atoms with van der Waals surface area (Å²) in [7, 11) is 3.35. The molecule has 0 fully saturated rings. The largest absolute Gasteiger partial charge is 0.497 e. The average Bonchev–Trinajstić information content (AvgIpc) is 3.18. The zero-order valence-electron chi connectivity index (χ0n) is 17.5. The third kappa shape index (κ3) is 4.65. The fourth-order valence-electron chi connectivity index (χ4n) is 3.18. The summed E-state index contributed by atoms with van der Waals surface area (Å²) < 4.78 is 21.1. The highest BCUT2D eigenvalue weighted by Crippen LogP contribution is 2.36. The Labute approximate surface area is 189 Å². The summed E-state index contributed by atoms with van der Waals surface area (Å²) in [5.74, 6) is 0.517. The van der Waals surface area contributed by atoms with Gasteiger partial charge in [0, 0.05) is 12.7 Å². The van der Waals surface area contributed by atoms with Crippen LogP contribution in [0, 0.1) is 5.82 Å². The zero-order chi connectivity index (χ0) is 22.5. The van der Waals surface area contributed by atoms with Gasteiger partial charge in [-0.25, -0.2) is 4.39 Å². The van der Waals surface area contributed by atoms with Crippen LogP contribution in [0.4, 0.5) is 10.1 Å². The van der Waals surface area contributed by atoms with Crippen LogP contribution in [-0.2, 0) is 11.8 Å². The van der Waals surface area contributed by atoms with Gasteiger partial charge in [0.1, 0.15) is 16.8 Å². The van der Waals surface area contributed by atoms with E-state index in [9.17, 15) is 9.18 Å². The van der Waals surface area contributed by atoms with Crippen molar-refractivity contribution < 1.29 is 13.9 Å². The van der Waals surface area contributed by atoms with Crippen molar-refractivity contribution in [1.82, 2.24) is 14.8 Å². The number of carbonyl (C=O) groups is 1. The molecule has 0 aliphatic heterocycles. The zero-order valence-corrected chi connectivity index (χ0v) is 18.3. The smallest absolute Gasteiger partial charge is 0.242 e. The summed E-state index contributed by atoms with van der Waals surface area (Å²) >= 11 is 1.25. The van der Waals surface area contributed by atoms with E-state index in [4.69, 9.17) is 4.74 Å². The molecule has 0 bridgehead atoms. The van der Waals surface area contributed by atoms with Gasteiger partial charge in [0.25, 0.3) is 0 Å². The molecule has 1 amide bonds. The molecular formula is C24H21FN4O2S. The lowest BCUT2D eigenvalue weighted by atomic mass is 10.1. The fraction of sp³-hybridized carbons (Fsp3) is 0.125. The van der Waals surface area contributed by atoms with E-state index >= 15 is 0 Å². The predicted molar refractivity (Wildman–Crippen MR) is 123 cm³/mol. The van der Waals surface area contributed by atoms with E-state index in [-0.39, 0.29) is 11.7 Å². The van der Waals surface area contributed by atoms with E-state index in [1.54, 1.807) is 61.2 Å². The SMILES string of the molecule is COc1ccc(NC(=O)C(Sc2nnc(-c3ccccc3F)n2C)c2ccccc2)cc1. The molecule has 1 aromatic heterocycles. The van der Waals surface area contributed by atoms with Crippen LogP contribution >= 0.6 is 11.8 Å². The van der Waals surface area contributed by atoms with E-state index < -0.39 is 5.25 Å². The normalized spacial score (nSPS) is 11.7. The van der Waals surface area contributed by atoms with Gasteiger partial charge < -0.3 is 14.6 Å². The molecule has 1 N–H and O–H groups in total. The number of hydrogen-bond donors (Lipinski definition) is 1. The third-order valence-electron chi connectivity index (χ3n) is 4.87. The van der Waals surface area contributed by atoms with Crippen LogP contribution < -0.4 is 10.1 Å². The molecule has 4 aromatic rings. The number of thioether (sulfide) groups is 1. The Morgan fingerprint density at radius 1 is 1.00 bits per heavy atom. The molecule has 162 valence electrons. The van der Waals surface area contributed by atoms with Crippen LogP contribution in [0.25, 0.3) is 11.4 Å². The highest BCUT2D eigenvalue weighted by atomic mass is 32.2. The molecule has 0 spiro atoms. The van der Waals surface area contributed by atoms with Gasteiger partial charge >= 0.3 is 0 Å². The van der Waals surface area contributed by atoms with Gasteiger partial charge in [-0.2, -0.15) is 0 Å². The Balaban J connectivity index is 1.62. The minimum absolute atomic E-state index is 0.207. The number of benzene rings is 3. The molecule has 1 atom stereocenters. The van der Waals surface area contributed by atoms with Gasteiger partial charge in [0.15, 0.2) is 11.0 Å². The number of nitrogens with zero attached hydrogens (tertiary/aromatic N) is 3. The predicted octanol–water partition coefficient (Wildman–Crippen LogP) is 5.10. The molecule has 1 heterocycles. The molecule has 1 unspecified atom stereocenters. The monoisotopic (exact) mass is 448 g/mol. The Kier molecular flexibility index (Phi) is 6.51. The van der Waals surface area contributed by atoms with Crippen molar-refractivity contribution in [3.63, 3.8) is 0 Å². The number of ether oxygens (including phenoxy) is 1. The number of aromatic nitrogens is 3. The molecule has 3 aromatic carbocycles. The molecule has 0 aliphatic carbocycles. The Morgan fingerprint density at radius 2 is 1.69 bits per heavy atom. The van der Waals surface area contributed by atoms with Crippen LogP contribution in [0.5, 0.6) is 5.75 Å². The first-order chi connectivity index (χ1) is 15.6. The first-order valence-corrected chi connectivity index (χ1v) is 10.8. The van der Waals surface area contributed by atoms with Gasteiger partial charge in [-0.1, -0.05) is 54.2 Å². The molecule has 0 radical (unpaired) electrons. The standard InChI is InChI=1S/C24H21FN4O2S/c1-29-22(19-10-6-7-11-20(19)25)27-28-24(29)32-21(16-8-4-3-5-9-16)23(30)26-17-12-14-18(31-2)15-13-17/h3-15,21H,1-2H3,(H,26,30). The number of nitrogens with one attached hydrogen (secondary N) is 1. The molecular weight excluding hydrogens is 427 g/mol. The summed E-state index contributed by atoms with van der Waals surface area (Å²) in [6.45, 7) is 0. The van der Waals surface area contributed by atoms with E-state index in [2.05, 4.69) is 15.5 Å². The molecule has 0 aliphatic rings. The van der Waals surface area contributed by atoms with Crippen molar-refractivity contribution >= 4 is 23.4 Å². The lowest BCUT2D eigenvalue weighted by Gasteiger charge is -2.17. The first kappa shape index (κ1) is 21.6. The number of methoxy groups -OCH3 is 1. The summed E-state index contributed by atoms with van der Waals surface area (Å²) in [6, 6.07) is 23.0. The van der Waals surface area contributed by atoms with Crippen LogP contribution in [0.15, 0.2) is 84.0 Å². The van der Waals surface area contributed by atoms with Crippen molar-refractivity contribution in [3.8, 4) is 17.1 Å². The van der Waals surface area contributed by atoms with Gasteiger partial charge in [-0.05, 0) is 42.0 Å².